The number of carbonyl (C=O) groups is 1. The second-order valence-corrected chi connectivity index (χ2v) is 8.57. The molecule has 0 spiro atoms. The molecule has 4 rings (SSSR count). The Morgan fingerprint density at radius 2 is 2.04 bits per heavy atom. The number of rotatable bonds is 2. The SMILES string of the molecule is CC1(C)[C@@H]2CC[C@]1(C)[C@@H](OC(=O)c1cc3cc(Cl)ccc3oc1=O)C2. The highest BCUT2D eigenvalue weighted by molar-refractivity contribution is 6.31. The largest absolute Gasteiger partial charge is 0.458 e. The molecule has 0 amide bonds. The fourth-order valence-electron chi connectivity index (χ4n) is 4.74. The van der Waals surface area contributed by atoms with Crippen molar-refractivity contribution in [2.24, 2.45) is 16.7 Å². The van der Waals surface area contributed by atoms with Crippen molar-refractivity contribution in [3.63, 3.8) is 0 Å². The highest BCUT2D eigenvalue weighted by atomic mass is 35.5. The molecule has 1 aromatic heterocycles. The monoisotopic (exact) mass is 360 g/mol. The Morgan fingerprint density at radius 1 is 1.28 bits per heavy atom. The van der Waals surface area contributed by atoms with Crippen LogP contribution in [0, 0.1) is 16.7 Å². The van der Waals surface area contributed by atoms with Crippen LogP contribution in [0.5, 0.6) is 0 Å². The average Bonchev–Trinajstić information content (AvgIpc) is 2.88. The Bertz CT molecular complexity index is 929. The van der Waals surface area contributed by atoms with Crippen molar-refractivity contribution < 1.29 is 13.9 Å². The minimum atomic E-state index is -0.674. The number of hydrogen-bond acceptors (Lipinski definition) is 4. The highest BCUT2D eigenvalue weighted by Crippen LogP contribution is 2.66. The Kier molecular flexibility index (Phi) is 3.56. The molecule has 2 aliphatic carbocycles. The van der Waals surface area contributed by atoms with Crippen molar-refractivity contribution >= 4 is 28.5 Å². The molecule has 0 unspecified atom stereocenters. The van der Waals surface area contributed by atoms with E-state index < -0.39 is 11.6 Å². The third-order valence-electron chi connectivity index (χ3n) is 6.88. The molecule has 3 atom stereocenters. The van der Waals surface area contributed by atoms with Gasteiger partial charge in [-0.15, -0.1) is 0 Å². The first-order chi connectivity index (χ1) is 11.7. The van der Waals surface area contributed by atoms with Crippen LogP contribution in [0.1, 0.15) is 50.4 Å². The second-order valence-electron chi connectivity index (χ2n) is 8.13. The van der Waals surface area contributed by atoms with Crippen molar-refractivity contribution in [2.45, 2.75) is 46.1 Å². The Hall–Kier alpha value is -1.81. The molecule has 4 nitrogen and oxygen atoms in total. The lowest BCUT2D eigenvalue weighted by Crippen LogP contribution is -2.38. The maximum Gasteiger partial charge on any atom is 0.351 e. The van der Waals surface area contributed by atoms with Crippen molar-refractivity contribution in [1.29, 1.82) is 0 Å². The summed E-state index contributed by atoms with van der Waals surface area (Å²) < 4.78 is 11.0. The molecule has 2 bridgehead atoms. The third-order valence-corrected chi connectivity index (χ3v) is 7.11. The first-order valence-corrected chi connectivity index (χ1v) is 9.04. The van der Waals surface area contributed by atoms with Crippen LogP contribution >= 0.6 is 11.6 Å². The Labute approximate surface area is 151 Å². The molecule has 0 aliphatic heterocycles. The van der Waals surface area contributed by atoms with Gasteiger partial charge in [-0.1, -0.05) is 32.4 Å². The van der Waals surface area contributed by atoms with Crippen LogP contribution in [-0.4, -0.2) is 12.1 Å². The van der Waals surface area contributed by atoms with Crippen LogP contribution in [0.25, 0.3) is 11.0 Å². The number of ether oxygens (including phenoxy) is 1. The molecule has 2 aliphatic rings. The van der Waals surface area contributed by atoms with Crippen LogP contribution in [0.2, 0.25) is 5.02 Å². The van der Waals surface area contributed by atoms with Crippen LogP contribution < -0.4 is 5.63 Å². The molecule has 2 aromatic rings. The Balaban J connectivity index is 1.65. The normalized spacial score (nSPS) is 29.9. The van der Waals surface area contributed by atoms with E-state index in [1.54, 1.807) is 18.2 Å². The number of carbonyl (C=O) groups excluding carboxylic acids is 1. The summed E-state index contributed by atoms with van der Waals surface area (Å²) in [5.74, 6) is -0.0488. The molecule has 1 heterocycles. The quantitative estimate of drug-likeness (QED) is 0.569. The smallest absolute Gasteiger partial charge is 0.351 e. The number of halogens is 1. The van der Waals surface area contributed by atoms with Gasteiger partial charge in [0.1, 0.15) is 17.3 Å². The number of hydrogen-bond donors (Lipinski definition) is 0. The van der Waals surface area contributed by atoms with E-state index in [0.717, 1.165) is 12.8 Å². The minimum Gasteiger partial charge on any atom is -0.458 e. The van der Waals surface area contributed by atoms with E-state index in [1.807, 2.05) is 0 Å². The first-order valence-electron chi connectivity index (χ1n) is 8.67. The van der Waals surface area contributed by atoms with Crippen molar-refractivity contribution in [2.75, 3.05) is 0 Å². The number of esters is 1. The second kappa shape index (κ2) is 5.34. The van der Waals surface area contributed by atoms with Gasteiger partial charge in [0.05, 0.1) is 0 Å². The molecule has 25 heavy (non-hydrogen) atoms. The summed E-state index contributed by atoms with van der Waals surface area (Å²) in [7, 11) is 0. The maximum absolute atomic E-state index is 12.7. The van der Waals surface area contributed by atoms with E-state index in [-0.39, 0.29) is 22.5 Å². The van der Waals surface area contributed by atoms with Gasteiger partial charge in [-0.3, -0.25) is 0 Å². The lowest BCUT2D eigenvalue weighted by atomic mass is 9.70. The summed E-state index contributed by atoms with van der Waals surface area (Å²) in [5.41, 5.74) is -0.252. The molecule has 2 saturated carbocycles. The van der Waals surface area contributed by atoms with Crippen molar-refractivity contribution in [3.8, 4) is 0 Å². The van der Waals surface area contributed by atoms with Gasteiger partial charge in [0.25, 0.3) is 0 Å². The summed E-state index contributed by atoms with van der Waals surface area (Å²) in [6.07, 6.45) is 2.92. The molecule has 1 aromatic carbocycles. The van der Waals surface area contributed by atoms with Gasteiger partial charge in [-0.25, -0.2) is 9.59 Å². The molecule has 2 fully saturated rings. The predicted octanol–water partition coefficient (Wildman–Crippen LogP) is 4.82. The zero-order valence-electron chi connectivity index (χ0n) is 14.6. The standard InChI is InChI=1S/C20H21ClO4/c1-19(2)12-6-7-20(19,3)16(10-12)25-18(23)14-9-11-8-13(21)4-5-15(11)24-17(14)22/h4-5,8-9,12,16H,6-7,10H2,1-3H3/t12-,16+,20-/m1/s1. The van der Waals surface area contributed by atoms with Gasteiger partial charge in [0, 0.05) is 15.8 Å². The van der Waals surface area contributed by atoms with E-state index in [4.69, 9.17) is 20.8 Å². The molecule has 132 valence electrons. The van der Waals surface area contributed by atoms with E-state index >= 15 is 0 Å². The van der Waals surface area contributed by atoms with Crippen LogP contribution in [-0.2, 0) is 4.74 Å². The summed E-state index contributed by atoms with van der Waals surface area (Å²) in [6, 6.07) is 6.44. The minimum absolute atomic E-state index is 0.0479. The van der Waals surface area contributed by atoms with Gasteiger partial charge in [-0.05, 0) is 54.9 Å². The molecule has 0 radical (unpaired) electrons. The third kappa shape index (κ3) is 2.34. The summed E-state index contributed by atoms with van der Waals surface area (Å²) in [5, 5.41) is 1.13. The fourth-order valence-corrected chi connectivity index (χ4v) is 4.92. The zero-order valence-corrected chi connectivity index (χ0v) is 15.4. The average molecular weight is 361 g/mol. The molecule has 0 saturated heterocycles. The van der Waals surface area contributed by atoms with Crippen LogP contribution in [0.4, 0.5) is 0 Å². The number of fused-ring (bicyclic) bond motifs is 3. The predicted molar refractivity (Wildman–Crippen MR) is 95.9 cm³/mol. The van der Waals surface area contributed by atoms with E-state index in [0.29, 0.717) is 21.9 Å². The van der Waals surface area contributed by atoms with Gasteiger partial charge in [0.2, 0.25) is 0 Å². The maximum atomic E-state index is 12.7. The van der Waals surface area contributed by atoms with Crippen molar-refractivity contribution in [3.05, 3.63) is 45.3 Å². The van der Waals surface area contributed by atoms with Gasteiger partial charge in [0.15, 0.2) is 0 Å². The van der Waals surface area contributed by atoms with Crippen molar-refractivity contribution in [1.82, 2.24) is 0 Å². The lowest BCUT2D eigenvalue weighted by Gasteiger charge is -2.38. The molecular formula is C20H21ClO4. The van der Waals surface area contributed by atoms with Gasteiger partial charge < -0.3 is 9.15 Å². The summed E-state index contributed by atoms with van der Waals surface area (Å²) >= 11 is 5.98. The van der Waals surface area contributed by atoms with Crippen LogP contribution in [0.3, 0.4) is 0 Å². The number of benzene rings is 1. The van der Waals surface area contributed by atoms with Crippen LogP contribution in [0.15, 0.2) is 33.5 Å². The fraction of sp³-hybridized carbons (Fsp3) is 0.500. The lowest BCUT2D eigenvalue weighted by molar-refractivity contribution is -0.0245. The highest BCUT2D eigenvalue weighted by Gasteiger charge is 2.62. The topological polar surface area (TPSA) is 56.5 Å². The van der Waals surface area contributed by atoms with E-state index in [2.05, 4.69) is 20.8 Å². The molecule has 0 N–H and O–H groups in total. The first kappa shape index (κ1) is 16.6. The summed E-state index contributed by atoms with van der Waals surface area (Å²) in [6.45, 7) is 6.70. The summed E-state index contributed by atoms with van der Waals surface area (Å²) in [4.78, 5) is 24.9. The van der Waals surface area contributed by atoms with Gasteiger partial charge >= 0.3 is 11.6 Å². The Morgan fingerprint density at radius 3 is 2.68 bits per heavy atom. The molecule has 5 heteroatoms. The molecular weight excluding hydrogens is 340 g/mol. The van der Waals surface area contributed by atoms with E-state index in [1.165, 1.54) is 12.5 Å². The van der Waals surface area contributed by atoms with E-state index in [9.17, 15) is 9.59 Å². The van der Waals surface area contributed by atoms with Gasteiger partial charge in [-0.2, -0.15) is 0 Å². The zero-order chi connectivity index (χ0) is 18.0.